The molecule has 0 saturated carbocycles. The minimum Gasteiger partial charge on any atom is -0.336 e. The molecule has 5 heterocycles. The molecule has 0 aromatic carbocycles. The number of aromatic amines is 1. The highest BCUT2D eigenvalue weighted by Gasteiger charge is 2.26. The van der Waals surface area contributed by atoms with Gasteiger partial charge in [-0.15, -0.1) is 5.10 Å². The number of amides is 1. The van der Waals surface area contributed by atoms with Crippen molar-refractivity contribution in [2.75, 3.05) is 36.4 Å². The number of aryl methyl sites for hydroxylation is 2. The second kappa shape index (κ2) is 7.17. The molecule has 0 radical (unpaired) electrons. The molecule has 0 spiro atoms. The van der Waals surface area contributed by atoms with E-state index in [-0.39, 0.29) is 5.91 Å². The molecule has 1 aliphatic rings. The van der Waals surface area contributed by atoms with E-state index in [1.165, 1.54) is 0 Å². The molecule has 1 saturated heterocycles. The molecule has 1 fully saturated rings. The van der Waals surface area contributed by atoms with Crippen LogP contribution in [-0.2, 0) is 7.05 Å². The number of carbonyl (C=O) groups is 1. The Kier molecular flexibility index (Phi) is 4.34. The van der Waals surface area contributed by atoms with Crippen LogP contribution < -0.4 is 10.2 Å². The van der Waals surface area contributed by atoms with E-state index in [0.29, 0.717) is 49.6 Å². The van der Waals surface area contributed by atoms with E-state index in [1.807, 2.05) is 43.3 Å². The minimum atomic E-state index is -0.0554. The summed E-state index contributed by atoms with van der Waals surface area (Å²) in [6.07, 6.45) is 5.31. The number of imidazole rings is 1. The second-order valence-corrected chi connectivity index (χ2v) is 7.30. The van der Waals surface area contributed by atoms with Crippen molar-refractivity contribution < 1.29 is 4.79 Å². The van der Waals surface area contributed by atoms with E-state index in [0.717, 1.165) is 11.2 Å². The lowest BCUT2D eigenvalue weighted by Gasteiger charge is -2.34. The van der Waals surface area contributed by atoms with Crippen LogP contribution >= 0.6 is 0 Å². The van der Waals surface area contributed by atoms with E-state index < -0.39 is 0 Å². The van der Waals surface area contributed by atoms with E-state index in [2.05, 4.69) is 30.5 Å². The minimum absolute atomic E-state index is 0.0554. The van der Waals surface area contributed by atoms with Crippen LogP contribution in [0.5, 0.6) is 0 Å². The number of anilines is 3. The maximum atomic E-state index is 12.7. The largest absolute Gasteiger partial charge is 0.336 e. The van der Waals surface area contributed by atoms with Gasteiger partial charge >= 0.3 is 0 Å². The first kappa shape index (κ1) is 18.2. The zero-order valence-electron chi connectivity index (χ0n) is 16.8. The Balaban J connectivity index is 1.35. The molecule has 4 aromatic rings. The fourth-order valence-corrected chi connectivity index (χ4v) is 3.57. The zero-order valence-corrected chi connectivity index (χ0v) is 16.8. The highest BCUT2D eigenvalue weighted by molar-refractivity contribution is 5.91. The molecule has 154 valence electrons. The van der Waals surface area contributed by atoms with Gasteiger partial charge in [-0.3, -0.25) is 9.89 Å². The lowest BCUT2D eigenvalue weighted by Crippen LogP contribution is -2.49. The molecular weight excluding hydrogens is 384 g/mol. The summed E-state index contributed by atoms with van der Waals surface area (Å²) >= 11 is 0. The van der Waals surface area contributed by atoms with Crippen molar-refractivity contribution in [3.63, 3.8) is 0 Å². The van der Waals surface area contributed by atoms with Crippen LogP contribution in [0.4, 0.5) is 17.6 Å². The van der Waals surface area contributed by atoms with Crippen molar-refractivity contribution in [1.82, 2.24) is 39.2 Å². The van der Waals surface area contributed by atoms with Crippen LogP contribution in [0.1, 0.15) is 16.3 Å². The first-order chi connectivity index (χ1) is 14.6. The number of nitrogens with zero attached hydrogens (tertiary/aromatic N) is 8. The van der Waals surface area contributed by atoms with Crippen molar-refractivity contribution in [2.24, 2.45) is 7.05 Å². The Morgan fingerprint density at radius 1 is 1.20 bits per heavy atom. The van der Waals surface area contributed by atoms with Crippen molar-refractivity contribution in [1.29, 1.82) is 0 Å². The normalized spacial score (nSPS) is 14.5. The molecule has 0 unspecified atom stereocenters. The summed E-state index contributed by atoms with van der Waals surface area (Å²) in [5.74, 6) is 2.39. The van der Waals surface area contributed by atoms with Crippen LogP contribution in [0.25, 0.3) is 5.52 Å². The SMILES string of the molecule is Cc1cc(Nc2nc(N3CCN(C(=O)c4nccn4C)CC3)nn3cccc23)n[nH]1. The van der Waals surface area contributed by atoms with Crippen LogP contribution in [-0.4, -0.2) is 71.3 Å². The quantitative estimate of drug-likeness (QED) is 0.524. The van der Waals surface area contributed by atoms with Gasteiger partial charge < -0.3 is 19.7 Å². The van der Waals surface area contributed by atoms with Gasteiger partial charge in [0.15, 0.2) is 17.5 Å². The number of hydrogen-bond donors (Lipinski definition) is 2. The predicted octanol–water partition coefficient (Wildman–Crippen LogP) is 1.20. The third kappa shape index (κ3) is 3.23. The fraction of sp³-hybridized carbons (Fsp3) is 0.316. The molecule has 0 aliphatic carbocycles. The van der Waals surface area contributed by atoms with Crippen LogP contribution in [0.2, 0.25) is 0 Å². The van der Waals surface area contributed by atoms with Gasteiger partial charge in [-0.2, -0.15) is 10.1 Å². The Morgan fingerprint density at radius 3 is 2.73 bits per heavy atom. The Bertz CT molecular complexity index is 1200. The van der Waals surface area contributed by atoms with Gasteiger partial charge in [-0.1, -0.05) is 0 Å². The van der Waals surface area contributed by atoms with Gasteiger partial charge in [0, 0.05) is 63.6 Å². The van der Waals surface area contributed by atoms with E-state index in [1.54, 1.807) is 21.5 Å². The van der Waals surface area contributed by atoms with Gasteiger partial charge in [0.05, 0.1) is 0 Å². The number of rotatable bonds is 4. The third-order valence-electron chi connectivity index (χ3n) is 5.19. The monoisotopic (exact) mass is 406 g/mol. The summed E-state index contributed by atoms with van der Waals surface area (Å²) in [5.41, 5.74) is 1.83. The van der Waals surface area contributed by atoms with Gasteiger partial charge in [0.2, 0.25) is 5.95 Å². The van der Waals surface area contributed by atoms with Gasteiger partial charge in [-0.25, -0.2) is 9.50 Å². The maximum Gasteiger partial charge on any atom is 0.289 e. The summed E-state index contributed by atoms with van der Waals surface area (Å²) in [5, 5.41) is 15.1. The Hall–Kier alpha value is -3.89. The lowest BCUT2D eigenvalue weighted by atomic mass is 10.3. The maximum absolute atomic E-state index is 12.7. The fourth-order valence-electron chi connectivity index (χ4n) is 3.57. The summed E-state index contributed by atoms with van der Waals surface area (Å²) in [7, 11) is 1.83. The van der Waals surface area contributed by atoms with Crippen molar-refractivity contribution in [3.05, 3.63) is 48.3 Å². The van der Waals surface area contributed by atoms with Crippen LogP contribution in [0, 0.1) is 6.92 Å². The highest BCUT2D eigenvalue weighted by atomic mass is 16.2. The number of aromatic nitrogens is 7. The molecular formula is C19H22N10O. The molecule has 1 amide bonds. The number of hydrogen-bond acceptors (Lipinski definition) is 7. The molecule has 11 nitrogen and oxygen atoms in total. The summed E-state index contributed by atoms with van der Waals surface area (Å²) in [6, 6.07) is 5.80. The third-order valence-corrected chi connectivity index (χ3v) is 5.19. The van der Waals surface area contributed by atoms with E-state index >= 15 is 0 Å². The standard InChI is InChI=1S/C19H22N10O/c1-13-12-15(24-23-13)21-16-14-4-3-6-29(14)25-19(22-16)28-10-8-27(9-11-28)18(30)17-20-5-7-26(17)2/h3-7,12H,8-11H2,1-2H3,(H2,21,22,23,24,25). The number of piperazine rings is 1. The van der Waals surface area contributed by atoms with Crippen LogP contribution in [0.3, 0.4) is 0 Å². The zero-order chi connectivity index (χ0) is 20.7. The molecule has 0 bridgehead atoms. The molecule has 2 N–H and O–H groups in total. The highest BCUT2D eigenvalue weighted by Crippen LogP contribution is 2.22. The first-order valence-electron chi connectivity index (χ1n) is 9.74. The summed E-state index contributed by atoms with van der Waals surface area (Å²) in [4.78, 5) is 25.5. The number of H-pyrrole nitrogens is 1. The number of nitrogens with one attached hydrogen (secondary N) is 2. The second-order valence-electron chi connectivity index (χ2n) is 7.30. The first-order valence-corrected chi connectivity index (χ1v) is 9.74. The topological polar surface area (TPSA) is 112 Å². The molecule has 0 atom stereocenters. The summed E-state index contributed by atoms with van der Waals surface area (Å²) in [6.45, 7) is 4.40. The van der Waals surface area contributed by atoms with Gasteiger partial charge in [-0.05, 0) is 19.1 Å². The average molecular weight is 406 g/mol. The Labute approximate surface area is 172 Å². The average Bonchev–Trinajstić information content (AvgIpc) is 3.49. The van der Waals surface area contributed by atoms with Crippen molar-refractivity contribution >= 4 is 29.0 Å². The van der Waals surface area contributed by atoms with E-state index in [9.17, 15) is 4.79 Å². The van der Waals surface area contributed by atoms with Crippen molar-refractivity contribution in [2.45, 2.75) is 6.92 Å². The molecule has 30 heavy (non-hydrogen) atoms. The summed E-state index contributed by atoms with van der Waals surface area (Å²) < 4.78 is 3.54. The molecule has 11 heteroatoms. The predicted molar refractivity (Wildman–Crippen MR) is 111 cm³/mol. The van der Waals surface area contributed by atoms with Crippen LogP contribution in [0.15, 0.2) is 36.8 Å². The molecule has 1 aliphatic heterocycles. The smallest absolute Gasteiger partial charge is 0.289 e. The number of fused-ring (bicyclic) bond motifs is 1. The van der Waals surface area contributed by atoms with Crippen molar-refractivity contribution in [3.8, 4) is 0 Å². The lowest BCUT2D eigenvalue weighted by molar-refractivity contribution is 0.0730. The van der Waals surface area contributed by atoms with Gasteiger partial charge in [0.1, 0.15) is 5.52 Å². The molecule has 5 rings (SSSR count). The molecule has 4 aromatic heterocycles. The van der Waals surface area contributed by atoms with Gasteiger partial charge in [0.25, 0.3) is 5.91 Å². The Morgan fingerprint density at radius 2 is 2.03 bits per heavy atom. The number of carbonyl (C=O) groups excluding carboxylic acids is 1. The van der Waals surface area contributed by atoms with E-state index in [4.69, 9.17) is 4.98 Å².